The van der Waals surface area contributed by atoms with Gasteiger partial charge in [0.25, 0.3) is 0 Å². The monoisotopic (exact) mass is 485 g/mol. The van der Waals surface area contributed by atoms with E-state index in [2.05, 4.69) is 64.6 Å². The lowest BCUT2D eigenvalue weighted by Gasteiger charge is -2.40. The maximum absolute atomic E-state index is 13.1. The molecular weight excluding hydrogens is 434 g/mol. The second-order valence-electron chi connectivity index (χ2n) is 7.58. The highest BCUT2D eigenvalue weighted by molar-refractivity contribution is 5.84. The molecule has 1 aliphatic heterocycles. The van der Waals surface area contributed by atoms with Crippen molar-refractivity contribution in [3.8, 4) is 0 Å². The number of nitrogens with two attached hydrogens (primary N) is 1. The Morgan fingerprint density at radius 3 is 2.31 bits per heavy atom. The van der Waals surface area contributed by atoms with Crippen LogP contribution in [-0.2, 0) is 11.2 Å². The van der Waals surface area contributed by atoms with Crippen molar-refractivity contribution >= 4 is 22.6 Å². The van der Waals surface area contributed by atoms with Gasteiger partial charge in [0.05, 0.1) is 6.04 Å². The van der Waals surface area contributed by atoms with Crippen LogP contribution in [0.1, 0.15) is 66.9 Å². The van der Waals surface area contributed by atoms with E-state index in [0.717, 1.165) is 52.0 Å². The summed E-state index contributed by atoms with van der Waals surface area (Å²) < 4.78 is 0. The molecule has 0 saturated carbocycles. The average molecular weight is 486 g/mol. The van der Waals surface area contributed by atoms with Gasteiger partial charge >= 0.3 is 0 Å². The first-order chi connectivity index (χ1) is 17.1. The Balaban J connectivity index is 0.00000179. The number of carbonyl (C=O) groups excluding carboxylic acids is 1. The molecule has 2 aromatic carbocycles. The van der Waals surface area contributed by atoms with Crippen molar-refractivity contribution in [3.63, 3.8) is 0 Å². The number of likely N-dealkylation sites (N-methyl/N-ethyl adjacent to an activating group) is 1. The van der Waals surface area contributed by atoms with E-state index >= 15 is 0 Å². The minimum atomic E-state index is -0.0352. The molecule has 6 heteroatoms. The molecule has 198 valence electrons. The zero-order valence-corrected chi connectivity index (χ0v) is 23.6. The number of carbonyl (C=O) groups is 1. The number of nitrogens with one attached hydrogen (secondary N) is 1. The number of fused-ring (bicyclic) bond motifs is 1. The largest absolute Gasteiger partial charge is 0.370 e. The molecule has 0 bridgehead atoms. The Bertz CT molecular complexity index is 852. The summed E-state index contributed by atoms with van der Waals surface area (Å²) in [5.74, 6) is 0.709. The van der Waals surface area contributed by atoms with Gasteiger partial charge < -0.3 is 16.0 Å². The Labute approximate surface area is 215 Å². The van der Waals surface area contributed by atoms with Crippen molar-refractivity contribution in [2.45, 2.75) is 73.8 Å². The lowest BCUT2D eigenvalue weighted by atomic mass is 10.0. The molecule has 1 unspecified atom stereocenters. The second kappa shape index (κ2) is 19.7. The lowest BCUT2D eigenvalue weighted by molar-refractivity contribution is -0.142. The van der Waals surface area contributed by atoms with E-state index in [1.165, 1.54) is 16.3 Å². The minimum absolute atomic E-state index is 0.0352. The fraction of sp³-hybridized carbons (Fsp3) is 0.586. The molecule has 0 radical (unpaired) electrons. The molecule has 35 heavy (non-hydrogen) atoms. The van der Waals surface area contributed by atoms with Gasteiger partial charge in [-0.1, -0.05) is 90.9 Å². The van der Waals surface area contributed by atoms with E-state index in [-0.39, 0.29) is 11.9 Å². The molecule has 1 aliphatic rings. The summed E-state index contributed by atoms with van der Waals surface area (Å²) in [6.45, 7) is 18.3. The Kier molecular flexibility index (Phi) is 18.2. The van der Waals surface area contributed by atoms with Crippen LogP contribution in [0, 0.1) is 0 Å². The Hall–Kier alpha value is -2.60. The molecule has 1 saturated heterocycles. The quantitative estimate of drug-likeness (QED) is 0.302. The lowest BCUT2D eigenvalue weighted by Crippen LogP contribution is -2.57. The van der Waals surface area contributed by atoms with Gasteiger partial charge in [-0.3, -0.25) is 14.7 Å². The number of nitrogens with zero attached hydrogens (tertiary/aromatic N) is 3. The van der Waals surface area contributed by atoms with Crippen LogP contribution < -0.4 is 11.1 Å². The van der Waals surface area contributed by atoms with E-state index in [1.54, 1.807) is 7.05 Å². The van der Waals surface area contributed by atoms with E-state index < -0.39 is 0 Å². The second-order valence-corrected chi connectivity index (χ2v) is 7.58. The number of hydrogen-bond donors (Lipinski definition) is 2. The summed E-state index contributed by atoms with van der Waals surface area (Å²) in [5.41, 5.74) is 6.96. The topological polar surface area (TPSA) is 74.0 Å². The van der Waals surface area contributed by atoms with Crippen molar-refractivity contribution in [3.05, 3.63) is 48.0 Å². The third-order valence-electron chi connectivity index (χ3n) is 5.79. The highest BCUT2D eigenvalue weighted by Crippen LogP contribution is 2.19. The number of aliphatic imine (C=N–C) groups is 1. The summed E-state index contributed by atoms with van der Waals surface area (Å²) in [7, 11) is 1.67. The normalized spacial score (nSPS) is 15.8. The third kappa shape index (κ3) is 10.7. The third-order valence-corrected chi connectivity index (χ3v) is 5.79. The summed E-state index contributed by atoms with van der Waals surface area (Å²) in [6.07, 6.45) is 2.62. The van der Waals surface area contributed by atoms with Crippen molar-refractivity contribution in [1.82, 2.24) is 15.1 Å². The predicted octanol–water partition coefficient (Wildman–Crippen LogP) is 5.31. The fourth-order valence-electron chi connectivity index (χ4n) is 4.04. The van der Waals surface area contributed by atoms with Crippen LogP contribution in [-0.4, -0.2) is 67.5 Å². The summed E-state index contributed by atoms with van der Waals surface area (Å²) in [5, 5.41) is 5.59. The summed E-state index contributed by atoms with van der Waals surface area (Å²) in [6, 6.07) is 15.0. The maximum Gasteiger partial charge on any atom is 0.239 e. The van der Waals surface area contributed by atoms with Gasteiger partial charge in [0.2, 0.25) is 5.91 Å². The zero-order valence-electron chi connectivity index (χ0n) is 23.6. The van der Waals surface area contributed by atoms with Gasteiger partial charge in [-0.2, -0.15) is 0 Å². The smallest absolute Gasteiger partial charge is 0.239 e. The zero-order chi connectivity index (χ0) is 26.6. The van der Waals surface area contributed by atoms with Gasteiger partial charge in [-0.15, -0.1) is 0 Å². The standard InChI is InChI=1S/C23H33N5O.3C2H6/c1-3-27-15-16-28(22(29)21(27)9-6-13-26-23(24)25-2)14-12-18-10-11-19-7-4-5-8-20(19)17-18;3*1-2/h4-5,7-8,10-11,17,21H,3,6,9,12-16H2,1-2H3,(H3,24,25,26);3*1-2H3. The van der Waals surface area contributed by atoms with Crippen LogP contribution in [0.2, 0.25) is 0 Å². The number of hydrogen-bond acceptors (Lipinski definition) is 3. The van der Waals surface area contributed by atoms with E-state index in [9.17, 15) is 4.79 Å². The van der Waals surface area contributed by atoms with E-state index in [1.807, 2.05) is 46.4 Å². The molecule has 1 fully saturated rings. The summed E-state index contributed by atoms with van der Waals surface area (Å²) in [4.78, 5) is 21.4. The molecule has 0 spiro atoms. The van der Waals surface area contributed by atoms with Crippen molar-refractivity contribution in [1.29, 1.82) is 0 Å². The Morgan fingerprint density at radius 2 is 1.69 bits per heavy atom. The molecule has 1 heterocycles. The van der Waals surface area contributed by atoms with Gasteiger partial charge in [-0.25, -0.2) is 0 Å². The van der Waals surface area contributed by atoms with Crippen LogP contribution in [0.4, 0.5) is 0 Å². The highest BCUT2D eigenvalue weighted by Gasteiger charge is 2.33. The predicted molar refractivity (Wildman–Crippen MR) is 154 cm³/mol. The number of guanidine groups is 1. The fourth-order valence-corrected chi connectivity index (χ4v) is 4.04. The first-order valence-electron chi connectivity index (χ1n) is 13.6. The first kappa shape index (κ1) is 32.4. The number of benzene rings is 2. The minimum Gasteiger partial charge on any atom is -0.370 e. The first-order valence-corrected chi connectivity index (χ1v) is 13.6. The van der Waals surface area contributed by atoms with Gasteiger partial charge in [-0.05, 0) is 42.1 Å². The van der Waals surface area contributed by atoms with Crippen molar-refractivity contribution in [2.24, 2.45) is 10.7 Å². The van der Waals surface area contributed by atoms with Crippen molar-refractivity contribution < 1.29 is 4.79 Å². The van der Waals surface area contributed by atoms with Crippen LogP contribution in [0.3, 0.4) is 0 Å². The van der Waals surface area contributed by atoms with Crippen LogP contribution in [0.25, 0.3) is 10.8 Å². The molecule has 0 aliphatic carbocycles. The molecular formula is C29H51N5O. The average Bonchev–Trinajstić information content (AvgIpc) is 2.94. The SMILES string of the molecule is CC.CC.CC.CCN1CCN(CCc2ccc3ccccc3c2)C(=O)C1CCCNC(N)=NC. The van der Waals surface area contributed by atoms with Gasteiger partial charge in [0.15, 0.2) is 5.96 Å². The van der Waals surface area contributed by atoms with Gasteiger partial charge in [0, 0.05) is 33.2 Å². The number of rotatable bonds is 8. The molecule has 1 amide bonds. The van der Waals surface area contributed by atoms with Crippen LogP contribution >= 0.6 is 0 Å². The number of piperazine rings is 1. The summed E-state index contributed by atoms with van der Waals surface area (Å²) >= 11 is 0. The highest BCUT2D eigenvalue weighted by atomic mass is 16.2. The molecule has 1 atom stereocenters. The molecule has 6 nitrogen and oxygen atoms in total. The molecule has 3 N–H and O–H groups in total. The van der Waals surface area contributed by atoms with E-state index in [4.69, 9.17) is 5.73 Å². The van der Waals surface area contributed by atoms with Crippen LogP contribution in [0.5, 0.6) is 0 Å². The molecule has 2 aromatic rings. The maximum atomic E-state index is 13.1. The Morgan fingerprint density at radius 1 is 1.03 bits per heavy atom. The van der Waals surface area contributed by atoms with Crippen LogP contribution in [0.15, 0.2) is 47.5 Å². The molecule has 0 aromatic heterocycles. The van der Waals surface area contributed by atoms with E-state index in [0.29, 0.717) is 5.96 Å². The van der Waals surface area contributed by atoms with Gasteiger partial charge in [0.1, 0.15) is 0 Å². The number of amides is 1. The van der Waals surface area contributed by atoms with Crippen molar-refractivity contribution in [2.75, 3.05) is 39.8 Å². The molecule has 3 rings (SSSR count).